The number of nitrogens with two attached hydrogens (primary N) is 1. The van der Waals surface area contributed by atoms with Crippen LogP contribution < -0.4 is 11.1 Å². The summed E-state index contributed by atoms with van der Waals surface area (Å²) in [4.78, 5) is 11.9. The molecule has 0 radical (unpaired) electrons. The second kappa shape index (κ2) is 5.43. The summed E-state index contributed by atoms with van der Waals surface area (Å²) in [6.07, 6.45) is 2.01. The molecule has 0 spiro atoms. The van der Waals surface area contributed by atoms with E-state index in [1.165, 1.54) is 0 Å². The maximum Gasteiger partial charge on any atom is 0.235 e. The van der Waals surface area contributed by atoms with E-state index in [4.69, 9.17) is 10.9 Å². The van der Waals surface area contributed by atoms with Crippen LogP contribution in [0.15, 0.2) is 5.16 Å². The number of oxime groups is 1. The summed E-state index contributed by atoms with van der Waals surface area (Å²) in [6, 6.07) is 0. The summed E-state index contributed by atoms with van der Waals surface area (Å²) >= 11 is 1.70. The number of carbonyl (C=O) groups excluding carboxylic acids is 1. The van der Waals surface area contributed by atoms with Gasteiger partial charge in [0.05, 0.1) is 4.75 Å². The number of amides is 1. The zero-order valence-electron chi connectivity index (χ0n) is 9.69. The Hall–Kier alpha value is -0.910. The molecule has 1 heterocycles. The largest absolute Gasteiger partial charge is 0.409 e. The molecule has 0 saturated carbocycles. The van der Waals surface area contributed by atoms with Gasteiger partial charge in [-0.05, 0) is 25.5 Å². The number of nitrogens with zero attached hydrogens (tertiary/aromatic N) is 1. The van der Waals surface area contributed by atoms with Gasteiger partial charge in [0, 0.05) is 12.5 Å². The summed E-state index contributed by atoms with van der Waals surface area (Å²) in [7, 11) is 0. The van der Waals surface area contributed by atoms with Crippen LogP contribution in [0.1, 0.15) is 26.7 Å². The molecule has 0 aromatic rings. The van der Waals surface area contributed by atoms with Crippen molar-refractivity contribution in [1.29, 1.82) is 0 Å². The Balaban J connectivity index is 2.41. The number of hydrogen-bond donors (Lipinski definition) is 3. The van der Waals surface area contributed by atoms with Gasteiger partial charge in [-0.25, -0.2) is 0 Å². The Morgan fingerprint density at radius 1 is 1.75 bits per heavy atom. The summed E-state index contributed by atoms with van der Waals surface area (Å²) in [6.45, 7) is 4.18. The van der Waals surface area contributed by atoms with Gasteiger partial charge in [-0.15, -0.1) is 11.8 Å². The number of amidine groups is 1. The van der Waals surface area contributed by atoms with Crippen molar-refractivity contribution in [2.24, 2.45) is 16.8 Å². The zero-order valence-corrected chi connectivity index (χ0v) is 10.5. The highest BCUT2D eigenvalue weighted by atomic mass is 32.2. The van der Waals surface area contributed by atoms with Crippen LogP contribution in [0, 0.1) is 5.92 Å². The standard InChI is InChI=1S/C10H19N3O2S/c1-7(8(11)13-15)6-12-9(14)10(2)4-3-5-16-10/h7,15H,3-6H2,1-2H3,(H2,11,13)(H,12,14). The van der Waals surface area contributed by atoms with Crippen LogP contribution in [0.4, 0.5) is 0 Å². The van der Waals surface area contributed by atoms with Gasteiger partial charge in [0.15, 0.2) is 0 Å². The van der Waals surface area contributed by atoms with Crippen LogP contribution in [0.5, 0.6) is 0 Å². The lowest BCUT2D eigenvalue weighted by atomic mass is 10.0. The lowest BCUT2D eigenvalue weighted by molar-refractivity contribution is -0.123. The summed E-state index contributed by atoms with van der Waals surface area (Å²) < 4.78 is -0.301. The summed E-state index contributed by atoms with van der Waals surface area (Å²) in [5, 5.41) is 14.2. The van der Waals surface area contributed by atoms with E-state index in [0.717, 1.165) is 18.6 Å². The van der Waals surface area contributed by atoms with E-state index in [1.54, 1.807) is 18.7 Å². The van der Waals surface area contributed by atoms with Crippen molar-refractivity contribution in [1.82, 2.24) is 5.32 Å². The first-order chi connectivity index (χ1) is 7.49. The van der Waals surface area contributed by atoms with Crippen LogP contribution >= 0.6 is 11.8 Å². The Kier molecular flexibility index (Phi) is 4.46. The van der Waals surface area contributed by atoms with Crippen molar-refractivity contribution in [2.45, 2.75) is 31.4 Å². The van der Waals surface area contributed by atoms with Gasteiger partial charge in [-0.1, -0.05) is 12.1 Å². The van der Waals surface area contributed by atoms with Crippen LogP contribution in [0.25, 0.3) is 0 Å². The molecule has 4 N–H and O–H groups in total. The Labute approximate surface area is 99.8 Å². The first-order valence-electron chi connectivity index (χ1n) is 5.39. The molecule has 1 amide bonds. The average Bonchev–Trinajstić information content (AvgIpc) is 2.72. The third kappa shape index (κ3) is 3.04. The summed E-state index contributed by atoms with van der Waals surface area (Å²) in [5.74, 6) is 1.08. The van der Waals surface area contributed by atoms with E-state index in [2.05, 4.69) is 10.5 Å². The molecule has 1 aliphatic rings. The molecule has 2 atom stereocenters. The van der Waals surface area contributed by atoms with E-state index < -0.39 is 0 Å². The number of hydrogen-bond acceptors (Lipinski definition) is 4. The lowest BCUT2D eigenvalue weighted by Gasteiger charge is -2.22. The van der Waals surface area contributed by atoms with E-state index in [0.29, 0.717) is 6.54 Å². The molecule has 0 bridgehead atoms. The van der Waals surface area contributed by atoms with Gasteiger partial charge < -0.3 is 16.3 Å². The van der Waals surface area contributed by atoms with Crippen molar-refractivity contribution in [3.8, 4) is 0 Å². The van der Waals surface area contributed by atoms with Crippen LogP contribution in [-0.4, -0.2) is 34.0 Å². The first-order valence-corrected chi connectivity index (χ1v) is 6.38. The number of thioether (sulfide) groups is 1. The molecular weight excluding hydrogens is 226 g/mol. The molecule has 1 rings (SSSR count). The van der Waals surface area contributed by atoms with E-state index in [-0.39, 0.29) is 22.4 Å². The minimum atomic E-state index is -0.301. The van der Waals surface area contributed by atoms with E-state index in [1.807, 2.05) is 6.92 Å². The van der Waals surface area contributed by atoms with Crippen molar-refractivity contribution < 1.29 is 10.0 Å². The maximum atomic E-state index is 11.9. The molecule has 0 aliphatic carbocycles. The second-order valence-corrected chi connectivity index (χ2v) is 5.92. The minimum Gasteiger partial charge on any atom is -0.409 e. The fraction of sp³-hybridized carbons (Fsp3) is 0.800. The topological polar surface area (TPSA) is 87.7 Å². The van der Waals surface area contributed by atoms with Gasteiger partial charge >= 0.3 is 0 Å². The molecule has 1 saturated heterocycles. The normalized spacial score (nSPS) is 27.8. The van der Waals surface area contributed by atoms with Crippen molar-refractivity contribution in [2.75, 3.05) is 12.3 Å². The van der Waals surface area contributed by atoms with Gasteiger partial charge in [-0.2, -0.15) is 0 Å². The highest BCUT2D eigenvalue weighted by Crippen LogP contribution is 2.37. The summed E-state index contributed by atoms with van der Waals surface area (Å²) in [5.41, 5.74) is 5.43. The van der Waals surface area contributed by atoms with Gasteiger partial charge in [0.1, 0.15) is 5.84 Å². The highest BCUT2D eigenvalue weighted by molar-refractivity contribution is 8.01. The number of rotatable bonds is 4. The molecular formula is C10H19N3O2S. The molecule has 0 aromatic heterocycles. The Morgan fingerprint density at radius 3 is 2.94 bits per heavy atom. The minimum absolute atomic E-state index is 0.0487. The van der Waals surface area contributed by atoms with Gasteiger partial charge in [0.25, 0.3) is 0 Å². The quantitative estimate of drug-likeness (QED) is 0.295. The highest BCUT2D eigenvalue weighted by Gasteiger charge is 2.37. The Bertz CT molecular complexity index is 288. The number of nitrogens with one attached hydrogen (secondary N) is 1. The predicted octanol–water partition coefficient (Wildman–Crippen LogP) is 0.771. The van der Waals surface area contributed by atoms with Crippen LogP contribution in [0.2, 0.25) is 0 Å². The monoisotopic (exact) mass is 245 g/mol. The van der Waals surface area contributed by atoms with Crippen molar-refractivity contribution in [3.63, 3.8) is 0 Å². The first kappa shape index (κ1) is 13.2. The van der Waals surface area contributed by atoms with Crippen molar-refractivity contribution in [3.05, 3.63) is 0 Å². The lowest BCUT2D eigenvalue weighted by Crippen LogP contribution is -2.43. The zero-order chi connectivity index (χ0) is 12.2. The molecule has 92 valence electrons. The third-order valence-corrected chi connectivity index (χ3v) is 4.41. The van der Waals surface area contributed by atoms with Crippen LogP contribution in [-0.2, 0) is 4.79 Å². The Morgan fingerprint density at radius 2 is 2.44 bits per heavy atom. The molecule has 5 nitrogen and oxygen atoms in total. The second-order valence-electron chi connectivity index (χ2n) is 4.32. The van der Waals surface area contributed by atoms with Gasteiger partial charge in [-0.3, -0.25) is 4.79 Å². The fourth-order valence-corrected chi connectivity index (χ4v) is 2.83. The predicted molar refractivity (Wildman–Crippen MR) is 65.7 cm³/mol. The smallest absolute Gasteiger partial charge is 0.235 e. The fourth-order valence-electron chi connectivity index (χ4n) is 1.59. The maximum absolute atomic E-state index is 11.9. The molecule has 1 aliphatic heterocycles. The van der Waals surface area contributed by atoms with E-state index >= 15 is 0 Å². The number of carbonyl (C=O) groups is 1. The van der Waals surface area contributed by atoms with E-state index in [9.17, 15) is 4.79 Å². The van der Waals surface area contributed by atoms with Gasteiger partial charge in [0.2, 0.25) is 5.91 Å². The molecule has 2 unspecified atom stereocenters. The molecule has 6 heteroatoms. The van der Waals surface area contributed by atoms with Crippen LogP contribution in [0.3, 0.4) is 0 Å². The van der Waals surface area contributed by atoms with Crippen molar-refractivity contribution >= 4 is 23.5 Å². The molecule has 0 aromatic carbocycles. The molecule has 16 heavy (non-hydrogen) atoms. The average molecular weight is 245 g/mol. The third-order valence-electron chi connectivity index (χ3n) is 2.89. The molecule has 1 fully saturated rings. The SMILES string of the molecule is CC(CNC(=O)C1(C)CCCS1)C(N)=NO.